The third kappa shape index (κ3) is 2.60. The molecule has 0 aliphatic heterocycles. The van der Waals surface area contributed by atoms with Crippen molar-refractivity contribution in [3.8, 4) is 0 Å². The summed E-state index contributed by atoms with van der Waals surface area (Å²) >= 11 is 0. The van der Waals surface area contributed by atoms with Crippen LogP contribution in [-0.2, 0) is 17.1 Å². The minimum absolute atomic E-state index is 0.0581. The second kappa shape index (κ2) is 4.64. The number of sulfonamides is 1. The zero-order valence-corrected chi connectivity index (χ0v) is 9.49. The molecule has 90 valence electrons. The second-order valence-corrected chi connectivity index (χ2v) is 4.92. The van der Waals surface area contributed by atoms with Crippen molar-refractivity contribution >= 4 is 15.9 Å². The maximum absolute atomic E-state index is 11.6. The van der Waals surface area contributed by atoms with E-state index in [1.807, 2.05) is 0 Å². The SMILES string of the molecule is Cn1cc(S(=O)(=O)NCCO)cc1C(N)=O. The van der Waals surface area contributed by atoms with Gasteiger partial charge in [-0.25, -0.2) is 13.1 Å². The van der Waals surface area contributed by atoms with Gasteiger partial charge in [0.15, 0.2) is 0 Å². The number of hydrogen-bond acceptors (Lipinski definition) is 4. The number of aromatic nitrogens is 1. The summed E-state index contributed by atoms with van der Waals surface area (Å²) in [6.07, 6.45) is 1.28. The molecule has 0 spiro atoms. The third-order valence-electron chi connectivity index (χ3n) is 1.95. The molecule has 0 unspecified atom stereocenters. The number of rotatable bonds is 5. The zero-order valence-electron chi connectivity index (χ0n) is 8.67. The standard InChI is InChI=1S/C8H13N3O4S/c1-11-5-6(4-7(11)8(9)13)16(14,15)10-2-3-12/h4-5,10,12H,2-3H2,1H3,(H2,9,13). The van der Waals surface area contributed by atoms with E-state index in [-0.39, 0.29) is 23.7 Å². The molecule has 7 nitrogen and oxygen atoms in total. The molecular weight excluding hydrogens is 234 g/mol. The Morgan fingerprint density at radius 2 is 2.25 bits per heavy atom. The zero-order chi connectivity index (χ0) is 12.3. The summed E-state index contributed by atoms with van der Waals surface area (Å²) in [6, 6.07) is 1.18. The van der Waals surface area contributed by atoms with Gasteiger partial charge in [0.1, 0.15) is 10.6 Å². The molecule has 0 radical (unpaired) electrons. The molecule has 0 aliphatic rings. The number of amides is 1. The van der Waals surface area contributed by atoms with Crippen molar-refractivity contribution in [2.45, 2.75) is 4.90 Å². The summed E-state index contributed by atoms with van der Waals surface area (Å²) in [5.74, 6) is -0.703. The average Bonchev–Trinajstić information content (AvgIpc) is 2.58. The molecule has 1 amide bonds. The first-order valence-electron chi connectivity index (χ1n) is 4.45. The lowest BCUT2D eigenvalue weighted by molar-refractivity contribution is 0.0992. The molecule has 16 heavy (non-hydrogen) atoms. The highest BCUT2D eigenvalue weighted by Crippen LogP contribution is 2.12. The fraction of sp³-hybridized carbons (Fsp3) is 0.375. The lowest BCUT2D eigenvalue weighted by Gasteiger charge is -2.01. The fourth-order valence-corrected chi connectivity index (χ4v) is 2.28. The number of aliphatic hydroxyl groups is 1. The van der Waals surface area contributed by atoms with E-state index in [0.29, 0.717) is 0 Å². The van der Waals surface area contributed by atoms with Crippen LogP contribution >= 0.6 is 0 Å². The summed E-state index contributed by atoms with van der Waals surface area (Å²) in [7, 11) is -2.18. The summed E-state index contributed by atoms with van der Waals surface area (Å²) < 4.78 is 26.7. The molecule has 4 N–H and O–H groups in total. The summed E-state index contributed by atoms with van der Waals surface area (Å²) in [6.45, 7) is -0.377. The first-order chi connectivity index (χ1) is 7.38. The van der Waals surface area contributed by atoms with Crippen LogP contribution in [0.4, 0.5) is 0 Å². The normalized spacial score (nSPS) is 11.6. The molecule has 0 fully saturated rings. The molecule has 1 aromatic rings. The Labute approximate surface area is 92.9 Å². The van der Waals surface area contributed by atoms with Crippen LogP contribution in [0.2, 0.25) is 0 Å². The van der Waals surface area contributed by atoms with Gasteiger partial charge in [0.05, 0.1) is 6.61 Å². The molecule has 1 rings (SSSR count). The lowest BCUT2D eigenvalue weighted by Crippen LogP contribution is -2.26. The summed E-state index contributed by atoms with van der Waals surface area (Å²) in [4.78, 5) is 10.9. The fourth-order valence-electron chi connectivity index (χ4n) is 1.19. The van der Waals surface area contributed by atoms with E-state index in [9.17, 15) is 13.2 Å². The monoisotopic (exact) mass is 247 g/mol. The van der Waals surface area contributed by atoms with Gasteiger partial charge in [-0.2, -0.15) is 0 Å². The van der Waals surface area contributed by atoms with Crippen LogP contribution in [0.15, 0.2) is 17.2 Å². The second-order valence-electron chi connectivity index (χ2n) is 3.16. The van der Waals surface area contributed by atoms with Gasteiger partial charge in [0.25, 0.3) is 5.91 Å². The van der Waals surface area contributed by atoms with Gasteiger partial charge in [-0.3, -0.25) is 4.79 Å². The van der Waals surface area contributed by atoms with Gasteiger partial charge in [-0.05, 0) is 6.07 Å². The third-order valence-corrected chi connectivity index (χ3v) is 3.37. The lowest BCUT2D eigenvalue weighted by atomic mass is 10.4. The molecule has 1 aromatic heterocycles. The molecule has 0 aliphatic carbocycles. The number of carbonyl (C=O) groups excluding carboxylic acids is 1. The molecular formula is C8H13N3O4S. The number of primary amides is 1. The van der Waals surface area contributed by atoms with Gasteiger partial charge in [-0.15, -0.1) is 0 Å². The minimum Gasteiger partial charge on any atom is -0.395 e. The first-order valence-corrected chi connectivity index (χ1v) is 5.93. The largest absolute Gasteiger partial charge is 0.395 e. The van der Waals surface area contributed by atoms with Crippen LogP contribution < -0.4 is 10.5 Å². The molecule has 0 atom stereocenters. The number of aliphatic hydroxyl groups excluding tert-OH is 1. The van der Waals surface area contributed by atoms with Crippen molar-refractivity contribution in [1.82, 2.24) is 9.29 Å². The smallest absolute Gasteiger partial charge is 0.265 e. The number of nitrogens with zero attached hydrogens (tertiary/aromatic N) is 1. The quantitative estimate of drug-likeness (QED) is 0.581. The summed E-state index contributed by atoms with van der Waals surface area (Å²) in [5, 5.41) is 8.52. The van der Waals surface area contributed by atoms with Gasteiger partial charge < -0.3 is 15.4 Å². The topological polar surface area (TPSA) is 114 Å². The first kappa shape index (κ1) is 12.7. The highest BCUT2D eigenvalue weighted by Gasteiger charge is 2.18. The van der Waals surface area contributed by atoms with Crippen molar-refractivity contribution in [3.63, 3.8) is 0 Å². The molecule has 8 heteroatoms. The Morgan fingerprint density at radius 1 is 1.62 bits per heavy atom. The average molecular weight is 247 g/mol. The van der Waals surface area contributed by atoms with Crippen molar-refractivity contribution in [2.24, 2.45) is 12.8 Å². The van der Waals surface area contributed by atoms with Crippen LogP contribution in [0.1, 0.15) is 10.5 Å². The van der Waals surface area contributed by atoms with Crippen molar-refractivity contribution in [3.05, 3.63) is 18.0 Å². The van der Waals surface area contributed by atoms with E-state index < -0.39 is 15.9 Å². The van der Waals surface area contributed by atoms with Gasteiger partial charge in [0, 0.05) is 19.8 Å². The van der Waals surface area contributed by atoms with Gasteiger partial charge >= 0.3 is 0 Å². The van der Waals surface area contributed by atoms with Crippen LogP contribution in [0.3, 0.4) is 0 Å². The summed E-state index contributed by atoms with van der Waals surface area (Å²) in [5.41, 5.74) is 5.16. The van der Waals surface area contributed by atoms with Gasteiger partial charge in [0.2, 0.25) is 10.0 Å². The Hall–Kier alpha value is -1.38. The van der Waals surface area contributed by atoms with E-state index in [1.54, 1.807) is 0 Å². The highest BCUT2D eigenvalue weighted by atomic mass is 32.2. The maximum Gasteiger partial charge on any atom is 0.265 e. The van der Waals surface area contributed by atoms with Crippen molar-refractivity contribution in [2.75, 3.05) is 13.2 Å². The number of carbonyl (C=O) groups is 1. The molecule has 0 saturated carbocycles. The number of nitrogens with two attached hydrogens (primary N) is 1. The Bertz CT molecular complexity index is 491. The Morgan fingerprint density at radius 3 is 2.69 bits per heavy atom. The highest BCUT2D eigenvalue weighted by molar-refractivity contribution is 7.89. The Kier molecular flexibility index (Phi) is 3.68. The van der Waals surface area contributed by atoms with Crippen LogP contribution in [0.25, 0.3) is 0 Å². The molecule has 1 heterocycles. The van der Waals surface area contributed by atoms with Gasteiger partial charge in [-0.1, -0.05) is 0 Å². The van der Waals surface area contributed by atoms with Crippen LogP contribution in [0.5, 0.6) is 0 Å². The van der Waals surface area contributed by atoms with E-state index in [4.69, 9.17) is 10.8 Å². The van der Waals surface area contributed by atoms with Crippen molar-refractivity contribution in [1.29, 1.82) is 0 Å². The number of hydrogen-bond donors (Lipinski definition) is 3. The van der Waals surface area contributed by atoms with Crippen molar-refractivity contribution < 1.29 is 18.3 Å². The number of aryl methyl sites for hydroxylation is 1. The molecule has 0 saturated heterocycles. The van der Waals surface area contributed by atoms with Crippen LogP contribution in [-0.4, -0.2) is 37.2 Å². The minimum atomic E-state index is -3.70. The molecule has 0 bridgehead atoms. The van der Waals surface area contributed by atoms with E-state index >= 15 is 0 Å². The Balaban J connectivity index is 3.06. The predicted molar refractivity (Wildman–Crippen MR) is 56.2 cm³/mol. The van der Waals surface area contributed by atoms with E-state index in [0.717, 1.165) is 0 Å². The number of nitrogens with one attached hydrogen (secondary N) is 1. The predicted octanol–water partition coefficient (Wildman–Crippen LogP) is -1.61. The van der Waals surface area contributed by atoms with E-state index in [1.165, 1.54) is 23.9 Å². The molecule has 0 aromatic carbocycles. The van der Waals surface area contributed by atoms with E-state index in [2.05, 4.69) is 4.72 Å². The van der Waals surface area contributed by atoms with Crippen LogP contribution in [0, 0.1) is 0 Å². The maximum atomic E-state index is 11.6.